The van der Waals surface area contributed by atoms with E-state index in [-0.39, 0.29) is 11.8 Å². The van der Waals surface area contributed by atoms with Gasteiger partial charge in [0, 0.05) is 19.2 Å². The first-order valence-electron chi connectivity index (χ1n) is 6.61. The highest BCUT2D eigenvalue weighted by molar-refractivity contribution is 5.86. The summed E-state index contributed by atoms with van der Waals surface area (Å²) in [6.07, 6.45) is 3.64. The molecule has 118 valence electrons. The van der Waals surface area contributed by atoms with E-state index >= 15 is 0 Å². The van der Waals surface area contributed by atoms with Crippen LogP contribution in [0.2, 0.25) is 0 Å². The second kappa shape index (κ2) is 7.25. The lowest BCUT2D eigenvalue weighted by molar-refractivity contribution is 0.186. The Morgan fingerprint density at radius 3 is 2.50 bits per heavy atom. The molecule has 0 spiro atoms. The number of rotatable bonds is 3. The number of carbonyl (C=O) groups is 2. The van der Waals surface area contributed by atoms with Crippen LogP contribution < -0.4 is 15.5 Å². The highest BCUT2D eigenvalue weighted by Gasteiger charge is 2.15. The van der Waals surface area contributed by atoms with E-state index in [1.54, 1.807) is 6.07 Å². The van der Waals surface area contributed by atoms with Crippen molar-refractivity contribution in [3.8, 4) is 0 Å². The Bertz CT molecular complexity index is 554. The van der Waals surface area contributed by atoms with Gasteiger partial charge in [0.05, 0.1) is 14.2 Å². The number of anilines is 3. The fourth-order valence-corrected chi connectivity index (χ4v) is 1.86. The molecule has 0 bridgehead atoms. The second-order valence-electron chi connectivity index (χ2n) is 4.37. The van der Waals surface area contributed by atoms with Gasteiger partial charge in [-0.1, -0.05) is 12.2 Å². The van der Waals surface area contributed by atoms with Crippen LogP contribution in [0.25, 0.3) is 0 Å². The maximum absolute atomic E-state index is 11.3. The van der Waals surface area contributed by atoms with Crippen molar-refractivity contribution < 1.29 is 19.1 Å². The summed E-state index contributed by atoms with van der Waals surface area (Å²) in [7, 11) is 2.49. The normalized spacial score (nSPS) is 13.5. The average molecular weight is 307 g/mol. The summed E-state index contributed by atoms with van der Waals surface area (Å²) in [5, 5.41) is 4.84. The predicted octanol–water partition coefficient (Wildman–Crippen LogP) is 1.60. The lowest BCUT2D eigenvalue weighted by Gasteiger charge is -2.25. The van der Waals surface area contributed by atoms with Crippen LogP contribution in [0, 0.1) is 0 Å². The van der Waals surface area contributed by atoms with Crippen LogP contribution in [0.5, 0.6) is 0 Å². The van der Waals surface area contributed by atoms with Crippen molar-refractivity contribution in [3.05, 3.63) is 18.2 Å². The molecule has 0 atom stereocenters. The molecule has 9 nitrogen and oxygen atoms in total. The largest absolute Gasteiger partial charge is 0.453 e. The van der Waals surface area contributed by atoms with Gasteiger partial charge in [0.25, 0.3) is 0 Å². The highest BCUT2D eigenvalue weighted by Crippen LogP contribution is 2.20. The minimum Gasteiger partial charge on any atom is -0.453 e. The van der Waals surface area contributed by atoms with E-state index < -0.39 is 12.2 Å². The third-order valence-corrected chi connectivity index (χ3v) is 2.91. The molecule has 2 amide bonds. The van der Waals surface area contributed by atoms with Crippen molar-refractivity contribution >= 4 is 29.8 Å². The zero-order valence-corrected chi connectivity index (χ0v) is 12.3. The number of carbonyl (C=O) groups excluding carboxylic acids is 2. The minimum absolute atomic E-state index is 0.0327. The number of nitrogens with zero attached hydrogens (tertiary/aromatic N) is 3. The molecule has 0 saturated carbocycles. The maximum atomic E-state index is 11.3. The number of ether oxygens (including phenoxy) is 2. The maximum Gasteiger partial charge on any atom is 0.413 e. The Morgan fingerprint density at radius 1 is 1.14 bits per heavy atom. The summed E-state index contributed by atoms with van der Waals surface area (Å²) in [6, 6.07) is 1.61. The first kappa shape index (κ1) is 15.5. The van der Waals surface area contributed by atoms with E-state index in [2.05, 4.69) is 36.2 Å². The summed E-state index contributed by atoms with van der Waals surface area (Å²) in [5.41, 5.74) is 0. The molecule has 1 aromatic rings. The first-order valence-corrected chi connectivity index (χ1v) is 6.61. The van der Waals surface area contributed by atoms with Crippen molar-refractivity contribution in [1.82, 2.24) is 9.97 Å². The van der Waals surface area contributed by atoms with Gasteiger partial charge in [-0.3, -0.25) is 10.6 Å². The van der Waals surface area contributed by atoms with Gasteiger partial charge in [-0.25, -0.2) is 9.59 Å². The molecule has 0 aliphatic carbocycles. The molecular weight excluding hydrogens is 290 g/mol. The lowest BCUT2D eigenvalue weighted by Crippen LogP contribution is -2.28. The molecule has 2 heterocycles. The van der Waals surface area contributed by atoms with Crippen LogP contribution in [0.3, 0.4) is 0 Å². The molecule has 1 aliphatic rings. The number of methoxy groups -OCH3 is 2. The van der Waals surface area contributed by atoms with Crippen LogP contribution in [0.1, 0.15) is 6.42 Å². The SMILES string of the molecule is COC(=O)Nc1cc(N2CC=CCC2)nc(NC(=O)OC)n1. The Labute approximate surface area is 127 Å². The molecule has 1 aromatic heterocycles. The standard InChI is InChI=1S/C13H17N5O4/c1-21-12(19)15-9-8-10(18-6-4-3-5-7-18)16-11(14-9)17-13(20)22-2/h3-4,8H,5-7H2,1-2H3,(H2,14,15,16,17,19,20). The Morgan fingerprint density at radius 2 is 1.86 bits per heavy atom. The molecule has 0 unspecified atom stereocenters. The summed E-state index contributed by atoms with van der Waals surface area (Å²) in [4.78, 5) is 32.9. The number of aromatic nitrogens is 2. The highest BCUT2D eigenvalue weighted by atomic mass is 16.5. The zero-order chi connectivity index (χ0) is 15.9. The molecule has 0 radical (unpaired) electrons. The molecule has 9 heteroatoms. The number of hydrogen-bond acceptors (Lipinski definition) is 7. The van der Waals surface area contributed by atoms with E-state index in [0.717, 1.165) is 13.0 Å². The van der Waals surface area contributed by atoms with Crippen LogP contribution in [0.15, 0.2) is 18.2 Å². The van der Waals surface area contributed by atoms with Crippen molar-refractivity contribution in [2.45, 2.75) is 6.42 Å². The quantitative estimate of drug-likeness (QED) is 0.817. The Hall–Kier alpha value is -2.84. The topological polar surface area (TPSA) is 106 Å². The minimum atomic E-state index is -0.695. The van der Waals surface area contributed by atoms with Crippen molar-refractivity contribution in [2.24, 2.45) is 0 Å². The molecule has 0 saturated heterocycles. The van der Waals surface area contributed by atoms with Crippen molar-refractivity contribution in [3.63, 3.8) is 0 Å². The van der Waals surface area contributed by atoms with Crippen LogP contribution in [-0.2, 0) is 9.47 Å². The van der Waals surface area contributed by atoms with Gasteiger partial charge in [-0.15, -0.1) is 0 Å². The third kappa shape index (κ3) is 4.08. The van der Waals surface area contributed by atoms with Gasteiger partial charge in [-0.2, -0.15) is 9.97 Å². The summed E-state index contributed by atoms with van der Waals surface area (Å²) >= 11 is 0. The van der Waals surface area contributed by atoms with Gasteiger partial charge >= 0.3 is 12.2 Å². The fraction of sp³-hybridized carbons (Fsp3) is 0.385. The monoisotopic (exact) mass is 307 g/mol. The van der Waals surface area contributed by atoms with Crippen LogP contribution in [-0.4, -0.2) is 49.5 Å². The van der Waals surface area contributed by atoms with Gasteiger partial charge in [0.15, 0.2) is 0 Å². The average Bonchev–Trinajstić information content (AvgIpc) is 2.55. The molecule has 2 rings (SSSR count). The van der Waals surface area contributed by atoms with E-state index in [9.17, 15) is 9.59 Å². The van der Waals surface area contributed by atoms with Gasteiger partial charge in [0.1, 0.15) is 11.6 Å². The van der Waals surface area contributed by atoms with Crippen LogP contribution >= 0.6 is 0 Å². The van der Waals surface area contributed by atoms with Gasteiger partial charge in [-0.05, 0) is 6.42 Å². The molecule has 22 heavy (non-hydrogen) atoms. The lowest BCUT2D eigenvalue weighted by atomic mass is 10.2. The Kier molecular flexibility index (Phi) is 5.12. The number of nitrogens with one attached hydrogen (secondary N) is 2. The van der Waals surface area contributed by atoms with E-state index in [4.69, 9.17) is 0 Å². The molecular formula is C13H17N5O4. The summed E-state index contributed by atoms with van der Waals surface area (Å²) in [5.74, 6) is 0.834. The van der Waals surface area contributed by atoms with Crippen molar-refractivity contribution in [2.75, 3.05) is 42.8 Å². The zero-order valence-electron chi connectivity index (χ0n) is 12.3. The molecule has 0 fully saturated rings. The first-order chi connectivity index (χ1) is 10.6. The molecule has 1 aliphatic heterocycles. The summed E-state index contributed by atoms with van der Waals surface area (Å²) < 4.78 is 9.05. The number of amides is 2. The molecule has 0 aromatic carbocycles. The van der Waals surface area contributed by atoms with E-state index in [1.165, 1.54) is 14.2 Å². The summed E-state index contributed by atoms with van der Waals surface area (Å²) in [6.45, 7) is 1.47. The fourth-order valence-electron chi connectivity index (χ4n) is 1.86. The number of hydrogen-bond donors (Lipinski definition) is 2. The van der Waals surface area contributed by atoms with Gasteiger partial charge in [0.2, 0.25) is 5.95 Å². The van der Waals surface area contributed by atoms with Gasteiger partial charge < -0.3 is 14.4 Å². The Balaban J connectivity index is 2.28. The second-order valence-corrected chi connectivity index (χ2v) is 4.37. The van der Waals surface area contributed by atoms with Crippen molar-refractivity contribution in [1.29, 1.82) is 0 Å². The predicted molar refractivity (Wildman–Crippen MR) is 80.1 cm³/mol. The smallest absolute Gasteiger partial charge is 0.413 e. The molecule has 2 N–H and O–H groups in total. The third-order valence-electron chi connectivity index (χ3n) is 2.91. The van der Waals surface area contributed by atoms with E-state index in [0.29, 0.717) is 12.4 Å². The van der Waals surface area contributed by atoms with Crippen LogP contribution in [0.4, 0.5) is 27.2 Å². The van der Waals surface area contributed by atoms with E-state index in [1.807, 2.05) is 11.0 Å².